The minimum absolute atomic E-state index is 0.119. The van der Waals surface area contributed by atoms with Crippen LogP contribution in [-0.2, 0) is 11.8 Å². The first-order valence-corrected chi connectivity index (χ1v) is 12.6. The van der Waals surface area contributed by atoms with Crippen molar-refractivity contribution < 1.29 is 22.7 Å². The van der Waals surface area contributed by atoms with Crippen LogP contribution in [0.4, 0.5) is 13.2 Å². The molecule has 1 unspecified atom stereocenters. The topological polar surface area (TPSA) is 59.7 Å². The molecule has 0 N–H and O–H groups in total. The van der Waals surface area contributed by atoms with Crippen molar-refractivity contribution in [3.63, 3.8) is 0 Å². The average Bonchev–Trinajstić information content (AvgIpc) is 3.51. The lowest BCUT2D eigenvalue weighted by atomic mass is 9.55. The zero-order valence-electron chi connectivity index (χ0n) is 20.4. The summed E-state index contributed by atoms with van der Waals surface area (Å²) in [5, 5.41) is 9.79. The van der Waals surface area contributed by atoms with Crippen molar-refractivity contribution in [2.75, 3.05) is 6.61 Å². The van der Waals surface area contributed by atoms with Gasteiger partial charge < -0.3 is 4.74 Å². The molecule has 2 heterocycles. The maximum atomic E-state index is 14.8. The number of hydrogen-bond donors (Lipinski definition) is 0. The van der Waals surface area contributed by atoms with E-state index in [9.17, 15) is 18.0 Å². The Morgan fingerprint density at radius 1 is 1.03 bits per heavy atom. The summed E-state index contributed by atoms with van der Waals surface area (Å²) in [5.74, 6) is -1.13. The average molecular weight is 509 g/mol. The molecule has 2 aromatic carbocycles. The lowest BCUT2D eigenvalue weighted by Gasteiger charge is -2.51. The first-order chi connectivity index (χ1) is 17.9. The van der Waals surface area contributed by atoms with E-state index in [-0.39, 0.29) is 29.4 Å². The number of nitrogens with zero attached hydrogens (tertiary/aromatic N) is 4. The fraction of sp³-hybridized carbons (Fsp3) is 0.393. The van der Waals surface area contributed by atoms with E-state index in [1.54, 1.807) is 23.2 Å². The van der Waals surface area contributed by atoms with Crippen LogP contribution >= 0.6 is 0 Å². The number of aryl methyl sites for hydroxylation is 1. The molecule has 4 aliphatic rings. The van der Waals surface area contributed by atoms with Gasteiger partial charge in [0.05, 0.1) is 18.8 Å². The van der Waals surface area contributed by atoms with Crippen LogP contribution in [0.5, 0.6) is 5.75 Å². The van der Waals surface area contributed by atoms with E-state index in [4.69, 9.17) is 4.74 Å². The fourth-order valence-corrected chi connectivity index (χ4v) is 6.04. The molecule has 7 rings (SSSR count). The van der Waals surface area contributed by atoms with Gasteiger partial charge in [0, 0.05) is 43.4 Å². The van der Waals surface area contributed by atoms with Gasteiger partial charge in [-0.25, -0.2) is 18.2 Å². The molecule has 1 amide bonds. The molecule has 3 saturated carbocycles. The predicted octanol–water partition coefficient (Wildman–Crippen LogP) is 5.50. The van der Waals surface area contributed by atoms with Gasteiger partial charge in [0.2, 0.25) is 5.91 Å². The number of hydrazone groups is 1. The van der Waals surface area contributed by atoms with Gasteiger partial charge in [-0.1, -0.05) is 6.07 Å². The van der Waals surface area contributed by atoms with Gasteiger partial charge in [-0.05, 0) is 72.4 Å². The Bertz CT molecular complexity index is 1350. The molecule has 2 bridgehead atoms. The molecular weight excluding hydrogens is 481 g/mol. The molecule has 192 valence electrons. The van der Waals surface area contributed by atoms with Crippen molar-refractivity contribution in [1.29, 1.82) is 0 Å². The summed E-state index contributed by atoms with van der Waals surface area (Å²) >= 11 is 0. The van der Waals surface area contributed by atoms with Gasteiger partial charge in [0.1, 0.15) is 11.6 Å². The monoisotopic (exact) mass is 508 g/mol. The highest BCUT2D eigenvalue weighted by molar-refractivity contribution is 5.82. The Morgan fingerprint density at radius 3 is 2.51 bits per heavy atom. The molecule has 0 radical (unpaired) electrons. The van der Waals surface area contributed by atoms with Crippen molar-refractivity contribution in [2.24, 2.45) is 35.8 Å². The SMILES string of the molecule is Cn1cc(-c2ccc(OC[C@@H]3C[C@H](C(=O)N4N=CCC4c4cc(F)cc(F)c4)C4CC3C4)c(F)c2)cn1. The molecule has 1 aliphatic heterocycles. The third kappa shape index (κ3) is 4.51. The van der Waals surface area contributed by atoms with Crippen molar-refractivity contribution in [2.45, 2.75) is 31.7 Å². The number of aromatic nitrogens is 2. The summed E-state index contributed by atoms with van der Waals surface area (Å²) in [6, 6.07) is 7.71. The largest absolute Gasteiger partial charge is 0.490 e. The minimum Gasteiger partial charge on any atom is -0.490 e. The predicted molar refractivity (Wildman–Crippen MR) is 131 cm³/mol. The number of benzene rings is 2. The summed E-state index contributed by atoms with van der Waals surface area (Å²) < 4.78 is 50.0. The quantitative estimate of drug-likeness (QED) is 0.442. The Hall–Kier alpha value is -3.62. The maximum absolute atomic E-state index is 14.8. The van der Waals surface area contributed by atoms with Crippen LogP contribution in [0.3, 0.4) is 0 Å². The molecule has 9 heteroatoms. The molecule has 3 aromatic rings. The molecule has 37 heavy (non-hydrogen) atoms. The molecule has 3 fully saturated rings. The Kier molecular flexibility index (Phi) is 6.01. The van der Waals surface area contributed by atoms with Gasteiger partial charge in [-0.15, -0.1) is 0 Å². The first kappa shape index (κ1) is 23.8. The van der Waals surface area contributed by atoms with Crippen LogP contribution < -0.4 is 4.74 Å². The second-order valence-corrected chi connectivity index (χ2v) is 10.4. The summed E-state index contributed by atoms with van der Waals surface area (Å²) in [6.45, 7) is 0.326. The van der Waals surface area contributed by atoms with Gasteiger partial charge in [-0.2, -0.15) is 10.2 Å². The van der Waals surface area contributed by atoms with Gasteiger partial charge in [-0.3, -0.25) is 9.48 Å². The highest BCUT2D eigenvalue weighted by Crippen LogP contribution is 2.53. The van der Waals surface area contributed by atoms with E-state index in [1.807, 2.05) is 19.3 Å². The van der Waals surface area contributed by atoms with Crippen LogP contribution in [0.2, 0.25) is 0 Å². The van der Waals surface area contributed by atoms with E-state index < -0.39 is 23.5 Å². The lowest BCUT2D eigenvalue weighted by Crippen LogP contribution is -2.50. The number of halogens is 3. The maximum Gasteiger partial charge on any atom is 0.246 e. The number of fused-ring (bicyclic) bond motifs is 2. The van der Waals surface area contributed by atoms with Crippen LogP contribution in [0.25, 0.3) is 11.1 Å². The van der Waals surface area contributed by atoms with E-state index in [0.717, 1.165) is 30.0 Å². The summed E-state index contributed by atoms with van der Waals surface area (Å²) in [6.07, 6.45) is 8.00. The molecule has 3 atom stereocenters. The molecular formula is C28H27F3N4O2. The van der Waals surface area contributed by atoms with Crippen LogP contribution in [0.1, 0.15) is 37.3 Å². The summed E-state index contributed by atoms with van der Waals surface area (Å²) in [7, 11) is 1.81. The van der Waals surface area contributed by atoms with Gasteiger partial charge in [0.15, 0.2) is 11.6 Å². The molecule has 0 spiro atoms. The van der Waals surface area contributed by atoms with Crippen LogP contribution in [0, 0.1) is 41.1 Å². The first-order valence-electron chi connectivity index (χ1n) is 12.6. The number of rotatable bonds is 6. The second-order valence-electron chi connectivity index (χ2n) is 10.4. The number of amides is 1. The number of carbonyl (C=O) groups is 1. The molecule has 0 saturated heterocycles. The Balaban J connectivity index is 1.12. The summed E-state index contributed by atoms with van der Waals surface area (Å²) in [5.41, 5.74) is 1.95. The van der Waals surface area contributed by atoms with E-state index >= 15 is 0 Å². The normalized spacial score (nSPS) is 26.3. The Labute approximate surface area is 212 Å². The second kappa shape index (κ2) is 9.36. The fourth-order valence-electron chi connectivity index (χ4n) is 6.04. The highest BCUT2D eigenvalue weighted by Gasteiger charge is 2.50. The smallest absolute Gasteiger partial charge is 0.246 e. The van der Waals surface area contributed by atoms with E-state index in [2.05, 4.69) is 10.2 Å². The minimum atomic E-state index is -0.674. The zero-order valence-corrected chi connectivity index (χ0v) is 20.4. The Morgan fingerprint density at radius 2 is 1.81 bits per heavy atom. The van der Waals surface area contributed by atoms with E-state index in [1.165, 1.54) is 23.2 Å². The lowest BCUT2D eigenvalue weighted by molar-refractivity contribution is -0.148. The highest BCUT2D eigenvalue weighted by atomic mass is 19.1. The van der Waals surface area contributed by atoms with Crippen LogP contribution in [0.15, 0.2) is 53.9 Å². The standard InChI is InChI=1S/C28H27F3N4O2/c1-34-14-21(13-33-34)16-2-3-27(25(31)11-16)37-15-20-10-24(18-6-17(20)7-18)28(36)35-26(4-5-32-35)19-8-22(29)12-23(30)9-19/h2-3,5,8-9,11-14,17-18,20,24,26H,4,6-7,10,15H2,1H3/t17?,18?,20-,24-,26?/m0/s1. The van der Waals surface area contributed by atoms with Crippen molar-refractivity contribution in [3.05, 3.63) is 71.8 Å². The van der Waals surface area contributed by atoms with Crippen molar-refractivity contribution >= 4 is 12.1 Å². The number of hydrogen-bond acceptors (Lipinski definition) is 4. The molecule has 1 aromatic heterocycles. The third-order valence-corrected chi connectivity index (χ3v) is 8.07. The number of carbonyl (C=O) groups excluding carboxylic acids is 1. The molecule has 3 aliphatic carbocycles. The van der Waals surface area contributed by atoms with E-state index in [0.29, 0.717) is 30.9 Å². The third-order valence-electron chi connectivity index (χ3n) is 8.07. The molecule has 6 nitrogen and oxygen atoms in total. The zero-order chi connectivity index (χ0) is 25.7. The number of ether oxygens (including phenoxy) is 1. The summed E-state index contributed by atoms with van der Waals surface area (Å²) in [4.78, 5) is 13.6. The van der Waals surface area contributed by atoms with Crippen molar-refractivity contribution in [3.8, 4) is 16.9 Å². The van der Waals surface area contributed by atoms with Gasteiger partial charge >= 0.3 is 0 Å². The van der Waals surface area contributed by atoms with Gasteiger partial charge in [0.25, 0.3) is 0 Å². The van der Waals surface area contributed by atoms with Crippen molar-refractivity contribution in [1.82, 2.24) is 14.8 Å². The van der Waals surface area contributed by atoms with Crippen LogP contribution in [-0.4, -0.2) is 33.5 Å².